The van der Waals surface area contributed by atoms with E-state index in [9.17, 15) is 9.59 Å². The average Bonchev–Trinajstić information content (AvgIpc) is 2.93. The molecule has 0 bridgehead atoms. The van der Waals surface area contributed by atoms with Crippen molar-refractivity contribution in [2.24, 2.45) is 0 Å². The molecule has 10 heteroatoms. The lowest BCUT2D eigenvalue weighted by atomic mass is 10.2. The molecule has 0 spiro atoms. The average molecular weight is 528 g/mol. The molecule has 2 aromatic carbocycles. The van der Waals surface area contributed by atoms with Gasteiger partial charge in [0.05, 0.1) is 19.3 Å². The van der Waals surface area contributed by atoms with Crippen molar-refractivity contribution in [2.75, 3.05) is 56.9 Å². The van der Waals surface area contributed by atoms with Crippen molar-refractivity contribution in [1.82, 2.24) is 19.4 Å². The number of likely N-dealkylation sites (N-methyl/N-ethyl adjacent to an activating group) is 2. The summed E-state index contributed by atoms with van der Waals surface area (Å²) in [5.74, 6) is 0.680. The minimum Gasteiger partial charge on any atom is -0.494 e. The fourth-order valence-corrected chi connectivity index (χ4v) is 4.03. The second kappa shape index (κ2) is 12.2. The van der Waals surface area contributed by atoms with Gasteiger partial charge in [-0.15, -0.1) is 0 Å². The molecule has 202 valence electrons. The molecule has 0 fully saturated rings. The molecule has 2 N–H and O–H groups in total. The summed E-state index contributed by atoms with van der Waals surface area (Å²) in [6, 6.07) is 16.4. The Kier molecular flexibility index (Phi) is 8.57. The Morgan fingerprint density at radius 2 is 1.92 bits per heavy atom. The molecule has 39 heavy (non-hydrogen) atoms. The van der Waals surface area contributed by atoms with E-state index in [1.165, 1.54) is 12.1 Å². The summed E-state index contributed by atoms with van der Waals surface area (Å²) in [6.45, 7) is 5.55. The highest BCUT2D eigenvalue weighted by Crippen LogP contribution is 2.31. The van der Waals surface area contributed by atoms with Crippen LogP contribution in [0.4, 0.5) is 23.0 Å². The molecule has 4 aromatic rings. The summed E-state index contributed by atoms with van der Waals surface area (Å²) in [4.78, 5) is 38.0. The zero-order valence-corrected chi connectivity index (χ0v) is 22.6. The fraction of sp³-hybridized carbons (Fsp3) is 0.241. The molecule has 2 aromatic heterocycles. The molecule has 0 atom stereocenters. The Morgan fingerprint density at radius 1 is 1.10 bits per heavy atom. The quantitative estimate of drug-likeness (QED) is 0.285. The van der Waals surface area contributed by atoms with Gasteiger partial charge in [0.25, 0.3) is 5.56 Å². The number of carbonyl (C=O) groups excluding carboxylic acids is 1. The molecule has 0 unspecified atom stereocenters. The summed E-state index contributed by atoms with van der Waals surface area (Å²) < 4.78 is 7.22. The van der Waals surface area contributed by atoms with Crippen LogP contribution in [0, 0.1) is 0 Å². The molecule has 0 aliphatic carbocycles. The van der Waals surface area contributed by atoms with Crippen LogP contribution in [0.15, 0.2) is 78.2 Å². The SMILES string of the molecule is C=CC(=O)Nc1cccc(Cn2c(=O)ccc3cnc(Nc4ccc(N(C)CCN(C)C)cc4OC)nc32)c1. The Balaban J connectivity index is 1.62. The lowest BCUT2D eigenvalue weighted by Gasteiger charge is -2.23. The topological polar surface area (TPSA) is 105 Å². The lowest BCUT2D eigenvalue weighted by Crippen LogP contribution is -2.28. The predicted octanol–water partition coefficient (Wildman–Crippen LogP) is 3.71. The molecule has 1 amide bonds. The van der Waals surface area contributed by atoms with Gasteiger partial charge in [-0.2, -0.15) is 4.98 Å². The number of aromatic nitrogens is 3. The zero-order valence-electron chi connectivity index (χ0n) is 22.6. The van der Waals surface area contributed by atoms with Crippen LogP contribution in [0.5, 0.6) is 5.75 Å². The van der Waals surface area contributed by atoms with E-state index in [4.69, 9.17) is 4.74 Å². The lowest BCUT2D eigenvalue weighted by molar-refractivity contribution is -0.111. The van der Waals surface area contributed by atoms with Crippen molar-refractivity contribution in [3.63, 3.8) is 0 Å². The molecule has 4 rings (SSSR count). The molecule has 0 radical (unpaired) electrons. The first-order valence-electron chi connectivity index (χ1n) is 12.5. The van der Waals surface area contributed by atoms with Gasteiger partial charge < -0.3 is 25.2 Å². The highest BCUT2D eigenvalue weighted by Gasteiger charge is 2.12. The molecule has 2 heterocycles. The maximum Gasteiger partial charge on any atom is 0.252 e. The van der Waals surface area contributed by atoms with Crippen molar-refractivity contribution in [3.05, 3.63) is 89.4 Å². The van der Waals surface area contributed by atoms with Crippen LogP contribution >= 0.6 is 0 Å². The third kappa shape index (κ3) is 6.79. The van der Waals surface area contributed by atoms with Gasteiger partial charge in [-0.1, -0.05) is 18.7 Å². The van der Waals surface area contributed by atoms with E-state index in [0.717, 1.165) is 29.7 Å². The number of hydrogen-bond donors (Lipinski definition) is 2. The summed E-state index contributed by atoms with van der Waals surface area (Å²) >= 11 is 0. The molecule has 0 aliphatic rings. The van der Waals surface area contributed by atoms with Gasteiger partial charge in [-0.3, -0.25) is 14.2 Å². The Labute approximate surface area is 227 Å². The van der Waals surface area contributed by atoms with Gasteiger partial charge in [0.1, 0.15) is 11.4 Å². The molecule has 0 saturated carbocycles. The Hall–Kier alpha value is -4.70. The third-order valence-electron chi connectivity index (χ3n) is 6.20. The number of methoxy groups -OCH3 is 1. The van der Waals surface area contributed by atoms with E-state index in [-0.39, 0.29) is 18.0 Å². The van der Waals surface area contributed by atoms with Crippen LogP contribution in [0.2, 0.25) is 0 Å². The van der Waals surface area contributed by atoms with Gasteiger partial charge in [0, 0.05) is 55.2 Å². The molecule has 0 aliphatic heterocycles. The first-order valence-corrected chi connectivity index (χ1v) is 12.5. The van der Waals surface area contributed by atoms with Gasteiger partial charge in [0.2, 0.25) is 11.9 Å². The van der Waals surface area contributed by atoms with E-state index in [1.807, 2.05) is 57.5 Å². The largest absolute Gasteiger partial charge is 0.494 e. The highest BCUT2D eigenvalue weighted by molar-refractivity contribution is 5.98. The second-order valence-corrected chi connectivity index (χ2v) is 9.36. The van der Waals surface area contributed by atoms with Crippen molar-refractivity contribution < 1.29 is 9.53 Å². The van der Waals surface area contributed by atoms with Crippen LogP contribution in [-0.4, -0.2) is 66.7 Å². The maximum absolute atomic E-state index is 12.9. The van der Waals surface area contributed by atoms with E-state index >= 15 is 0 Å². The molecule has 10 nitrogen and oxygen atoms in total. The number of rotatable bonds is 11. The first-order chi connectivity index (χ1) is 18.8. The highest BCUT2D eigenvalue weighted by atomic mass is 16.5. The van der Waals surface area contributed by atoms with Gasteiger partial charge in [0.15, 0.2) is 0 Å². The van der Waals surface area contributed by atoms with E-state index in [0.29, 0.717) is 28.7 Å². The van der Waals surface area contributed by atoms with Gasteiger partial charge in [-0.25, -0.2) is 4.98 Å². The number of ether oxygens (including phenoxy) is 1. The summed E-state index contributed by atoms with van der Waals surface area (Å²) in [6.07, 6.45) is 2.89. The van der Waals surface area contributed by atoms with Crippen LogP contribution in [0.25, 0.3) is 11.0 Å². The normalized spacial score (nSPS) is 10.9. The summed E-state index contributed by atoms with van der Waals surface area (Å²) in [5, 5.41) is 6.70. The molecule has 0 saturated heterocycles. The van der Waals surface area contributed by atoms with E-state index in [2.05, 4.69) is 37.0 Å². The maximum atomic E-state index is 12.9. The second-order valence-electron chi connectivity index (χ2n) is 9.36. The first kappa shape index (κ1) is 27.3. The zero-order chi connectivity index (χ0) is 27.9. The van der Waals surface area contributed by atoms with Crippen LogP contribution in [0.3, 0.4) is 0 Å². The monoisotopic (exact) mass is 527 g/mol. The minimum atomic E-state index is -0.304. The minimum absolute atomic E-state index is 0.199. The van der Waals surface area contributed by atoms with Crippen LogP contribution in [-0.2, 0) is 11.3 Å². The predicted molar refractivity (Wildman–Crippen MR) is 156 cm³/mol. The van der Waals surface area contributed by atoms with Crippen molar-refractivity contribution in [2.45, 2.75) is 6.54 Å². The van der Waals surface area contributed by atoms with Crippen molar-refractivity contribution in [3.8, 4) is 5.75 Å². The molecular formula is C29H33N7O3. The summed E-state index contributed by atoms with van der Waals surface area (Å²) in [5.41, 5.74) is 3.46. The number of nitrogens with zero attached hydrogens (tertiary/aromatic N) is 5. The van der Waals surface area contributed by atoms with Crippen LogP contribution in [0.1, 0.15) is 5.56 Å². The number of benzene rings is 2. The van der Waals surface area contributed by atoms with Crippen molar-refractivity contribution >= 4 is 40.0 Å². The van der Waals surface area contributed by atoms with Crippen molar-refractivity contribution in [1.29, 1.82) is 0 Å². The number of fused-ring (bicyclic) bond motifs is 1. The number of carbonyl (C=O) groups is 1. The summed E-state index contributed by atoms with van der Waals surface area (Å²) in [7, 11) is 7.76. The Bertz CT molecular complexity index is 1550. The number of anilines is 4. The third-order valence-corrected chi connectivity index (χ3v) is 6.20. The standard InChI is InChI=1S/C29H33N7O3/c1-6-26(37)31-22-9-7-8-20(16-22)19-36-27(38)13-10-21-18-30-29(33-28(21)36)32-24-12-11-23(17-25(24)39-5)35(4)15-14-34(2)3/h6-13,16-18H,1,14-15,19H2,2-5H3,(H,31,37)(H,30,32,33). The number of pyridine rings is 1. The van der Waals surface area contributed by atoms with Gasteiger partial charge in [-0.05, 0) is 56.1 Å². The number of nitrogens with one attached hydrogen (secondary N) is 2. The van der Waals surface area contributed by atoms with Gasteiger partial charge >= 0.3 is 0 Å². The Morgan fingerprint density at radius 3 is 2.67 bits per heavy atom. The fourth-order valence-electron chi connectivity index (χ4n) is 4.03. The number of amides is 1. The van der Waals surface area contributed by atoms with Crippen LogP contribution < -0.4 is 25.8 Å². The number of hydrogen-bond acceptors (Lipinski definition) is 8. The molecular weight excluding hydrogens is 494 g/mol. The van der Waals surface area contributed by atoms with E-state index < -0.39 is 0 Å². The van der Waals surface area contributed by atoms with E-state index in [1.54, 1.807) is 30.0 Å². The smallest absolute Gasteiger partial charge is 0.252 e.